The molecule has 0 fully saturated rings. The summed E-state index contributed by atoms with van der Waals surface area (Å²) in [6.07, 6.45) is 0. The average molecular weight is 233 g/mol. The largest absolute Gasteiger partial charge is 0.356 e. The molecule has 3 nitrogen and oxygen atoms in total. The minimum atomic E-state index is -3.31. The van der Waals surface area contributed by atoms with Gasteiger partial charge < -0.3 is 0 Å². The molecule has 12 heavy (non-hydrogen) atoms. The summed E-state index contributed by atoms with van der Waals surface area (Å²) in [5.41, 5.74) is -1.41. The number of halogens is 2. The minimum absolute atomic E-state index is 0.704. The Hall–Kier alpha value is 0.470. The molecule has 0 aromatic carbocycles. The highest BCUT2D eigenvalue weighted by atomic mass is 35.5. The Morgan fingerprint density at radius 1 is 1.33 bits per heavy atom. The second-order valence-electron chi connectivity index (χ2n) is 2.02. The van der Waals surface area contributed by atoms with Crippen LogP contribution in [0.3, 0.4) is 0 Å². The monoisotopic (exact) mass is 232 g/mol. The van der Waals surface area contributed by atoms with Crippen LogP contribution >= 0.6 is 30.8 Å². The highest BCUT2D eigenvalue weighted by Crippen LogP contribution is 2.52. The maximum Gasteiger partial charge on any atom is 0.356 e. The van der Waals surface area contributed by atoms with E-state index in [4.69, 9.17) is 32.2 Å². The molecular formula is C6H11Cl2O3P. The second kappa shape index (κ2) is 5.25. The molecule has 0 heterocycles. The molecule has 0 saturated carbocycles. The number of hydrogen-bond donors (Lipinski definition) is 0. The molecule has 0 aromatic rings. The lowest BCUT2D eigenvalue weighted by molar-refractivity contribution is 0.197. The molecule has 6 heteroatoms. The van der Waals surface area contributed by atoms with Crippen molar-refractivity contribution in [3.8, 4) is 0 Å². The maximum absolute atomic E-state index is 11.5. The fraction of sp³-hybridized carbons (Fsp3) is 0.667. The molecule has 0 aliphatic heterocycles. The molecule has 0 amide bonds. The molecule has 0 aliphatic carbocycles. The van der Waals surface area contributed by atoms with Crippen LogP contribution in [-0.4, -0.2) is 11.1 Å². The average Bonchev–Trinajstić information content (AvgIpc) is 1.83. The maximum atomic E-state index is 11.5. The number of hydrogen-bond acceptors (Lipinski definition) is 3. The molecule has 0 bridgehead atoms. The van der Waals surface area contributed by atoms with Gasteiger partial charge in [-0.3, -0.25) is 13.6 Å². The van der Waals surface area contributed by atoms with Crippen molar-refractivity contribution in [1.29, 1.82) is 0 Å². The fourth-order valence-corrected chi connectivity index (χ4v) is 2.21. The summed E-state index contributed by atoms with van der Waals surface area (Å²) in [5.74, 6) is 1.07. The zero-order valence-corrected chi connectivity index (χ0v) is 9.27. The third-order valence-electron chi connectivity index (χ3n) is 0.808. The Morgan fingerprint density at radius 3 is 1.83 bits per heavy atom. The summed E-state index contributed by atoms with van der Waals surface area (Å²) in [6.45, 7) is 6.36. The topological polar surface area (TPSA) is 35.5 Å². The lowest BCUT2D eigenvalue weighted by atomic mass is 10.9. The van der Waals surface area contributed by atoms with E-state index in [0.717, 1.165) is 5.82 Å². The van der Waals surface area contributed by atoms with Crippen LogP contribution in [0, 0.1) is 0 Å². The molecule has 72 valence electrons. The first kappa shape index (κ1) is 12.5. The molecule has 0 radical (unpaired) electrons. The van der Waals surface area contributed by atoms with E-state index < -0.39 is 18.7 Å². The predicted octanol–water partition coefficient (Wildman–Crippen LogP) is 3.53. The van der Waals surface area contributed by atoms with Gasteiger partial charge in [-0.1, -0.05) is 29.8 Å². The van der Waals surface area contributed by atoms with Gasteiger partial charge in [0.25, 0.3) is 0 Å². The Kier molecular flexibility index (Phi) is 5.46. The summed E-state index contributed by atoms with van der Waals surface area (Å²) in [4.78, 5) is 0. The lowest BCUT2D eigenvalue weighted by Crippen LogP contribution is -2.02. The van der Waals surface area contributed by atoms with Gasteiger partial charge >= 0.3 is 7.60 Å². The van der Waals surface area contributed by atoms with E-state index in [1.54, 1.807) is 0 Å². The molecule has 0 aromatic heterocycles. The van der Waals surface area contributed by atoms with E-state index >= 15 is 0 Å². The molecule has 0 rings (SSSR count). The summed E-state index contributed by atoms with van der Waals surface area (Å²) >= 11 is 10.9. The summed E-state index contributed by atoms with van der Waals surface area (Å²) in [7, 11) is -3.31. The molecule has 0 saturated heterocycles. The van der Waals surface area contributed by atoms with Crippen molar-refractivity contribution in [2.45, 2.75) is 25.0 Å². The van der Waals surface area contributed by atoms with E-state index in [1.165, 1.54) is 13.8 Å². The van der Waals surface area contributed by atoms with E-state index in [-0.39, 0.29) is 0 Å². The fourth-order valence-electron chi connectivity index (χ4n) is 0.516. The van der Waals surface area contributed by atoms with E-state index in [1.807, 2.05) is 0 Å². The smallest absolute Gasteiger partial charge is 0.286 e. The van der Waals surface area contributed by atoms with Crippen LogP contribution in [0.1, 0.15) is 13.8 Å². The van der Waals surface area contributed by atoms with Gasteiger partial charge in [-0.15, -0.1) is 0 Å². The van der Waals surface area contributed by atoms with Crippen molar-refractivity contribution in [3.63, 3.8) is 0 Å². The Balaban J connectivity index is 4.25. The Bertz CT molecular complexity index is 179. The lowest BCUT2D eigenvalue weighted by Gasteiger charge is -2.17. The van der Waals surface area contributed by atoms with Crippen LogP contribution in [0.15, 0.2) is 12.4 Å². The van der Waals surface area contributed by atoms with Gasteiger partial charge in [0.1, 0.15) is 11.1 Å². The number of alkyl halides is 2. The van der Waals surface area contributed by atoms with Gasteiger partial charge in [-0.05, 0) is 13.8 Å². The highest BCUT2D eigenvalue weighted by Gasteiger charge is 2.24. The van der Waals surface area contributed by atoms with Crippen molar-refractivity contribution in [3.05, 3.63) is 12.4 Å². The van der Waals surface area contributed by atoms with Crippen molar-refractivity contribution >= 4 is 30.8 Å². The van der Waals surface area contributed by atoms with Gasteiger partial charge in [-0.25, -0.2) is 0 Å². The summed E-state index contributed by atoms with van der Waals surface area (Å²) in [6, 6.07) is 0. The summed E-state index contributed by atoms with van der Waals surface area (Å²) < 4.78 is 21.1. The molecule has 0 spiro atoms. The van der Waals surface area contributed by atoms with Crippen LogP contribution in [0.4, 0.5) is 0 Å². The van der Waals surface area contributed by atoms with Gasteiger partial charge in [0.2, 0.25) is 0 Å². The highest BCUT2D eigenvalue weighted by molar-refractivity contribution is 7.57. The van der Waals surface area contributed by atoms with Gasteiger partial charge in [0, 0.05) is 5.82 Å². The molecule has 2 unspecified atom stereocenters. The quantitative estimate of drug-likeness (QED) is 0.538. The first-order chi connectivity index (χ1) is 5.39. The van der Waals surface area contributed by atoms with E-state index in [9.17, 15) is 4.57 Å². The van der Waals surface area contributed by atoms with Crippen molar-refractivity contribution in [2.75, 3.05) is 0 Å². The second-order valence-corrected chi connectivity index (χ2v) is 5.11. The van der Waals surface area contributed by atoms with Gasteiger partial charge in [-0.2, -0.15) is 0 Å². The first-order valence-electron chi connectivity index (χ1n) is 3.28. The van der Waals surface area contributed by atoms with Gasteiger partial charge in [0.15, 0.2) is 0 Å². The minimum Gasteiger partial charge on any atom is -0.286 e. The Labute approximate surface area is 82.2 Å². The van der Waals surface area contributed by atoms with Crippen LogP contribution < -0.4 is 0 Å². The molecule has 0 N–H and O–H groups in total. The van der Waals surface area contributed by atoms with Crippen LogP contribution in [-0.2, 0) is 13.6 Å². The van der Waals surface area contributed by atoms with E-state index in [0.29, 0.717) is 0 Å². The predicted molar refractivity (Wildman–Crippen MR) is 50.6 cm³/mol. The first-order valence-corrected chi connectivity index (χ1v) is 5.76. The van der Waals surface area contributed by atoms with Crippen LogP contribution in [0.2, 0.25) is 0 Å². The van der Waals surface area contributed by atoms with Crippen molar-refractivity contribution in [2.24, 2.45) is 0 Å². The number of rotatable bonds is 5. The molecule has 0 aliphatic rings. The normalized spacial score (nSPS) is 21.0. The van der Waals surface area contributed by atoms with Crippen molar-refractivity contribution in [1.82, 2.24) is 0 Å². The molecule has 2 atom stereocenters. The summed E-state index contributed by atoms with van der Waals surface area (Å²) in [5, 5.41) is 0. The molecular weight excluding hydrogens is 222 g/mol. The Morgan fingerprint density at radius 2 is 1.67 bits per heavy atom. The zero-order valence-electron chi connectivity index (χ0n) is 6.87. The van der Waals surface area contributed by atoms with Crippen LogP contribution in [0.25, 0.3) is 0 Å². The SMILES string of the molecule is C=CP(=O)(OC(C)Cl)OC(C)Cl. The van der Waals surface area contributed by atoms with Crippen molar-refractivity contribution < 1.29 is 13.6 Å². The van der Waals surface area contributed by atoms with E-state index in [2.05, 4.69) is 6.58 Å². The standard InChI is InChI=1S/C6H11Cl2O3P/c1-4-12(9,10-5(2)7)11-6(3)8/h4-6H,1H2,2-3H3. The third kappa shape index (κ3) is 5.18. The third-order valence-corrected chi connectivity index (χ3v) is 2.90. The van der Waals surface area contributed by atoms with Gasteiger partial charge in [0.05, 0.1) is 0 Å². The zero-order chi connectivity index (χ0) is 9.78. The van der Waals surface area contributed by atoms with Crippen LogP contribution in [0.5, 0.6) is 0 Å².